The van der Waals surface area contributed by atoms with E-state index in [4.69, 9.17) is 16.1 Å². The first-order valence-corrected chi connectivity index (χ1v) is 8.49. The van der Waals surface area contributed by atoms with Crippen LogP contribution in [0.5, 0.6) is 0 Å². The Morgan fingerprint density at radius 1 is 1.15 bits per heavy atom. The van der Waals surface area contributed by atoms with E-state index in [-0.39, 0.29) is 5.91 Å². The molecule has 0 saturated carbocycles. The molecule has 0 aliphatic rings. The van der Waals surface area contributed by atoms with Crippen LogP contribution in [-0.2, 0) is 0 Å². The lowest BCUT2D eigenvalue weighted by atomic mass is 10.1. The van der Waals surface area contributed by atoms with Crippen molar-refractivity contribution < 1.29 is 9.32 Å². The Morgan fingerprint density at radius 2 is 1.93 bits per heavy atom. The molecule has 0 atom stereocenters. The van der Waals surface area contributed by atoms with Gasteiger partial charge in [0.25, 0.3) is 5.91 Å². The zero-order valence-electron chi connectivity index (χ0n) is 14.3. The van der Waals surface area contributed by atoms with Gasteiger partial charge in [-0.25, -0.2) is 9.67 Å². The van der Waals surface area contributed by atoms with E-state index >= 15 is 0 Å². The maximum atomic E-state index is 12.8. The summed E-state index contributed by atoms with van der Waals surface area (Å²) in [5, 5.41) is 11.4. The van der Waals surface area contributed by atoms with Crippen molar-refractivity contribution >= 4 is 23.2 Å². The number of carbonyl (C=O) groups excluding carboxylic acids is 1. The second kappa shape index (κ2) is 7.05. The van der Waals surface area contributed by atoms with Crippen molar-refractivity contribution in [3.8, 4) is 16.9 Å². The molecule has 0 aliphatic heterocycles. The highest BCUT2D eigenvalue weighted by Crippen LogP contribution is 2.31. The molecule has 2 aromatic heterocycles. The first kappa shape index (κ1) is 17.0. The van der Waals surface area contributed by atoms with E-state index in [1.807, 2.05) is 24.3 Å². The van der Waals surface area contributed by atoms with E-state index in [1.165, 1.54) is 6.33 Å². The molecule has 2 aromatic carbocycles. The zero-order chi connectivity index (χ0) is 18.8. The number of nitrogens with one attached hydrogen (secondary N) is 1. The lowest BCUT2D eigenvalue weighted by Gasteiger charge is -2.08. The number of aryl methyl sites for hydroxylation is 1. The lowest BCUT2D eigenvalue weighted by molar-refractivity contribution is 0.102. The average Bonchev–Trinajstić information content (AvgIpc) is 3.33. The molecule has 7 nitrogen and oxygen atoms in total. The number of hydrogen-bond donors (Lipinski definition) is 1. The third kappa shape index (κ3) is 3.32. The predicted molar refractivity (Wildman–Crippen MR) is 101 cm³/mol. The molecule has 1 amide bonds. The molecular formula is C19H14ClN5O2. The Kier molecular flexibility index (Phi) is 4.43. The number of benzene rings is 2. The topological polar surface area (TPSA) is 85.8 Å². The van der Waals surface area contributed by atoms with Crippen LogP contribution < -0.4 is 5.32 Å². The van der Waals surface area contributed by atoms with E-state index < -0.39 is 0 Å². The monoisotopic (exact) mass is 379 g/mol. The number of nitrogens with zero attached hydrogens (tertiary/aromatic N) is 4. The molecule has 0 spiro atoms. The molecule has 0 bridgehead atoms. The number of rotatable bonds is 4. The maximum absolute atomic E-state index is 12.8. The minimum absolute atomic E-state index is 0.322. The number of hydrogen-bond acceptors (Lipinski definition) is 5. The van der Waals surface area contributed by atoms with E-state index in [0.717, 1.165) is 5.69 Å². The van der Waals surface area contributed by atoms with Gasteiger partial charge >= 0.3 is 0 Å². The van der Waals surface area contributed by atoms with Gasteiger partial charge in [-0.05, 0) is 37.3 Å². The summed E-state index contributed by atoms with van der Waals surface area (Å²) < 4.78 is 6.87. The largest absolute Gasteiger partial charge is 0.360 e. The fourth-order valence-corrected chi connectivity index (χ4v) is 2.93. The third-order valence-corrected chi connectivity index (χ3v) is 4.36. The number of aromatic nitrogens is 4. The van der Waals surface area contributed by atoms with E-state index in [9.17, 15) is 4.79 Å². The van der Waals surface area contributed by atoms with E-state index in [2.05, 4.69) is 20.6 Å². The van der Waals surface area contributed by atoms with Gasteiger partial charge in [0.2, 0.25) is 0 Å². The Morgan fingerprint density at radius 3 is 2.63 bits per heavy atom. The van der Waals surface area contributed by atoms with Crippen LogP contribution in [0, 0.1) is 6.92 Å². The van der Waals surface area contributed by atoms with Crippen LogP contribution in [0.3, 0.4) is 0 Å². The van der Waals surface area contributed by atoms with Gasteiger partial charge in [0.15, 0.2) is 0 Å². The molecule has 1 N–H and O–H groups in total. The first-order chi connectivity index (χ1) is 13.1. The second-order valence-corrected chi connectivity index (χ2v) is 6.19. The quantitative estimate of drug-likeness (QED) is 0.576. The summed E-state index contributed by atoms with van der Waals surface area (Å²) >= 11 is 6.24. The fourth-order valence-electron chi connectivity index (χ4n) is 2.71. The number of halogens is 1. The van der Waals surface area contributed by atoms with Crippen molar-refractivity contribution in [2.24, 2.45) is 0 Å². The fraction of sp³-hybridized carbons (Fsp3) is 0.0526. The van der Waals surface area contributed by atoms with Gasteiger partial charge in [-0.1, -0.05) is 35.0 Å². The van der Waals surface area contributed by atoms with Gasteiger partial charge in [-0.2, -0.15) is 5.10 Å². The Labute approximate surface area is 159 Å². The molecule has 134 valence electrons. The second-order valence-electron chi connectivity index (χ2n) is 5.78. The molecule has 0 unspecified atom stereocenters. The Balaban J connectivity index is 1.61. The van der Waals surface area contributed by atoms with Crippen LogP contribution in [0.15, 0.2) is 65.7 Å². The van der Waals surface area contributed by atoms with Crippen molar-refractivity contribution in [3.05, 3.63) is 77.5 Å². The summed E-state index contributed by atoms with van der Waals surface area (Å²) in [7, 11) is 0. The standard InChI is InChI=1S/C19H14ClN5O2/c1-12-17(18(24-27-12)15-4-2-3-5-16(15)20)19(26)23-13-6-8-14(9-7-13)25-11-21-10-22-25/h2-11H,1H3,(H,23,26). The van der Waals surface area contributed by atoms with Crippen molar-refractivity contribution in [2.45, 2.75) is 6.92 Å². The van der Waals surface area contributed by atoms with Crippen LogP contribution in [0.2, 0.25) is 5.02 Å². The Bertz CT molecular complexity index is 1090. The molecule has 4 rings (SSSR count). The van der Waals surface area contributed by atoms with Gasteiger partial charge in [0.05, 0.1) is 10.7 Å². The highest BCUT2D eigenvalue weighted by Gasteiger charge is 2.23. The van der Waals surface area contributed by atoms with Crippen LogP contribution in [0.25, 0.3) is 16.9 Å². The van der Waals surface area contributed by atoms with E-state index in [0.29, 0.717) is 33.3 Å². The molecule has 27 heavy (non-hydrogen) atoms. The number of amides is 1. The van der Waals surface area contributed by atoms with Crippen LogP contribution >= 0.6 is 11.6 Å². The highest BCUT2D eigenvalue weighted by molar-refractivity contribution is 6.33. The summed E-state index contributed by atoms with van der Waals surface area (Å²) in [5.74, 6) is 0.0961. The minimum atomic E-state index is -0.322. The number of carbonyl (C=O) groups is 1. The lowest BCUT2D eigenvalue weighted by Crippen LogP contribution is -2.13. The molecule has 2 heterocycles. The summed E-state index contributed by atoms with van der Waals surface area (Å²) in [6, 6.07) is 14.4. The third-order valence-electron chi connectivity index (χ3n) is 4.03. The summed E-state index contributed by atoms with van der Waals surface area (Å²) in [5.41, 5.74) is 2.87. The van der Waals surface area contributed by atoms with E-state index in [1.54, 1.807) is 42.2 Å². The van der Waals surface area contributed by atoms with Gasteiger partial charge in [0.1, 0.15) is 29.7 Å². The van der Waals surface area contributed by atoms with Crippen molar-refractivity contribution in [1.29, 1.82) is 0 Å². The van der Waals surface area contributed by atoms with Gasteiger partial charge in [0, 0.05) is 11.3 Å². The predicted octanol–water partition coefficient (Wildman–Crippen LogP) is 4.14. The zero-order valence-corrected chi connectivity index (χ0v) is 15.0. The maximum Gasteiger partial charge on any atom is 0.261 e. The molecule has 0 aliphatic carbocycles. The smallest absolute Gasteiger partial charge is 0.261 e. The molecule has 0 radical (unpaired) electrons. The van der Waals surface area contributed by atoms with Crippen LogP contribution in [0.4, 0.5) is 5.69 Å². The van der Waals surface area contributed by atoms with Crippen molar-refractivity contribution in [3.63, 3.8) is 0 Å². The molecule has 0 fully saturated rings. The minimum Gasteiger partial charge on any atom is -0.360 e. The van der Waals surface area contributed by atoms with Gasteiger partial charge in [-0.15, -0.1) is 0 Å². The molecule has 4 aromatic rings. The van der Waals surface area contributed by atoms with Gasteiger partial charge in [-0.3, -0.25) is 4.79 Å². The Hall–Kier alpha value is -3.45. The first-order valence-electron chi connectivity index (χ1n) is 8.11. The highest BCUT2D eigenvalue weighted by atomic mass is 35.5. The van der Waals surface area contributed by atoms with Crippen LogP contribution in [-0.4, -0.2) is 25.8 Å². The number of anilines is 1. The summed E-state index contributed by atoms with van der Waals surface area (Å²) in [6.07, 6.45) is 3.06. The molecule has 0 saturated heterocycles. The summed E-state index contributed by atoms with van der Waals surface area (Å²) in [4.78, 5) is 16.7. The molecular weight excluding hydrogens is 366 g/mol. The van der Waals surface area contributed by atoms with Crippen molar-refractivity contribution in [2.75, 3.05) is 5.32 Å². The van der Waals surface area contributed by atoms with Crippen LogP contribution in [0.1, 0.15) is 16.1 Å². The van der Waals surface area contributed by atoms with Crippen molar-refractivity contribution in [1.82, 2.24) is 19.9 Å². The SMILES string of the molecule is Cc1onc(-c2ccccc2Cl)c1C(=O)Nc1ccc(-n2cncn2)cc1. The normalized spacial score (nSPS) is 10.7. The average molecular weight is 380 g/mol. The molecule has 8 heteroatoms. The summed E-state index contributed by atoms with van der Waals surface area (Å²) in [6.45, 7) is 1.69. The van der Waals surface area contributed by atoms with Gasteiger partial charge < -0.3 is 9.84 Å².